The average Bonchev–Trinajstić information content (AvgIpc) is 2.69. The third kappa shape index (κ3) is 5.62. The number of aromatic nitrogens is 1. The molecular formula is C19H25ClIN5O. The minimum Gasteiger partial charge on any atom is -0.481 e. The average molecular weight is 502 g/mol. The molecule has 2 heterocycles. The summed E-state index contributed by atoms with van der Waals surface area (Å²) in [5.74, 6) is 1.53. The number of aliphatic imine (C=N–C) groups is 1. The largest absolute Gasteiger partial charge is 0.481 e. The fourth-order valence-corrected chi connectivity index (χ4v) is 3.28. The number of rotatable bonds is 4. The molecule has 1 aliphatic heterocycles. The SMILES string of the molecule is CN=C(NCc1cccnc1OC)N1CCN(c2cccc(Cl)c2)CC1.I. The van der Waals surface area contributed by atoms with Gasteiger partial charge in [0.25, 0.3) is 0 Å². The van der Waals surface area contributed by atoms with Crippen molar-refractivity contribution in [2.75, 3.05) is 45.2 Å². The van der Waals surface area contributed by atoms with Gasteiger partial charge in [-0.1, -0.05) is 23.7 Å². The minimum absolute atomic E-state index is 0. The number of hydrogen-bond acceptors (Lipinski definition) is 4. The first-order chi connectivity index (χ1) is 12.7. The van der Waals surface area contributed by atoms with Crippen LogP contribution in [0.2, 0.25) is 5.02 Å². The summed E-state index contributed by atoms with van der Waals surface area (Å²) in [4.78, 5) is 13.3. The molecule has 1 saturated heterocycles. The van der Waals surface area contributed by atoms with Crippen LogP contribution < -0.4 is 15.0 Å². The third-order valence-electron chi connectivity index (χ3n) is 4.44. The Morgan fingerprint density at radius 3 is 2.67 bits per heavy atom. The van der Waals surface area contributed by atoms with Gasteiger partial charge in [-0.15, -0.1) is 24.0 Å². The number of hydrogen-bond donors (Lipinski definition) is 1. The van der Waals surface area contributed by atoms with Crippen molar-refractivity contribution in [3.05, 3.63) is 53.2 Å². The summed E-state index contributed by atoms with van der Waals surface area (Å²) in [6.07, 6.45) is 1.73. The first-order valence-corrected chi connectivity index (χ1v) is 9.03. The second kappa shape index (κ2) is 10.6. The van der Waals surface area contributed by atoms with E-state index in [0.717, 1.165) is 42.7 Å². The smallest absolute Gasteiger partial charge is 0.218 e. The molecule has 6 nitrogen and oxygen atoms in total. The fraction of sp³-hybridized carbons (Fsp3) is 0.368. The maximum atomic E-state index is 6.11. The van der Waals surface area contributed by atoms with Crippen molar-refractivity contribution in [1.82, 2.24) is 15.2 Å². The van der Waals surface area contributed by atoms with Crippen LogP contribution >= 0.6 is 35.6 Å². The first kappa shape index (κ1) is 21.6. The number of guanidine groups is 1. The van der Waals surface area contributed by atoms with E-state index in [1.165, 1.54) is 5.69 Å². The number of halogens is 2. The van der Waals surface area contributed by atoms with E-state index >= 15 is 0 Å². The normalized spacial score (nSPS) is 14.6. The number of nitrogens with one attached hydrogen (secondary N) is 1. The van der Waals surface area contributed by atoms with Crippen molar-refractivity contribution < 1.29 is 4.74 Å². The molecule has 1 aliphatic rings. The van der Waals surface area contributed by atoms with E-state index < -0.39 is 0 Å². The summed E-state index contributed by atoms with van der Waals surface area (Å²) in [7, 11) is 3.45. The summed E-state index contributed by atoms with van der Waals surface area (Å²) in [6.45, 7) is 4.28. The molecule has 2 aromatic rings. The zero-order chi connectivity index (χ0) is 18.4. The molecular weight excluding hydrogens is 477 g/mol. The van der Waals surface area contributed by atoms with Gasteiger partial charge in [-0.25, -0.2) is 4.98 Å². The molecule has 0 spiro atoms. The Morgan fingerprint density at radius 1 is 1.22 bits per heavy atom. The molecule has 0 atom stereocenters. The van der Waals surface area contributed by atoms with Gasteiger partial charge in [-0.2, -0.15) is 0 Å². The molecule has 27 heavy (non-hydrogen) atoms. The lowest BCUT2D eigenvalue weighted by Gasteiger charge is -2.37. The van der Waals surface area contributed by atoms with E-state index in [1.807, 2.05) is 37.4 Å². The second-order valence-electron chi connectivity index (χ2n) is 6.03. The highest BCUT2D eigenvalue weighted by atomic mass is 127. The van der Waals surface area contributed by atoms with Crippen molar-refractivity contribution in [3.63, 3.8) is 0 Å². The molecule has 0 saturated carbocycles. The summed E-state index contributed by atoms with van der Waals surface area (Å²) in [5, 5.41) is 4.18. The van der Waals surface area contributed by atoms with Crippen LogP contribution in [0.1, 0.15) is 5.56 Å². The van der Waals surface area contributed by atoms with Gasteiger partial charge in [-0.3, -0.25) is 4.99 Å². The Morgan fingerprint density at radius 2 is 2.00 bits per heavy atom. The molecule has 146 valence electrons. The lowest BCUT2D eigenvalue weighted by atomic mass is 10.2. The number of nitrogens with zero attached hydrogens (tertiary/aromatic N) is 4. The molecule has 1 fully saturated rings. The maximum absolute atomic E-state index is 6.11. The number of pyridine rings is 1. The lowest BCUT2D eigenvalue weighted by molar-refractivity contribution is 0.370. The van der Waals surface area contributed by atoms with Gasteiger partial charge in [0, 0.05) is 62.2 Å². The molecule has 0 amide bonds. The summed E-state index contributed by atoms with van der Waals surface area (Å²) < 4.78 is 5.31. The molecule has 0 radical (unpaired) electrons. The molecule has 0 aliphatic carbocycles. The van der Waals surface area contributed by atoms with Gasteiger partial charge in [0.1, 0.15) is 0 Å². The third-order valence-corrected chi connectivity index (χ3v) is 4.68. The predicted octanol–water partition coefficient (Wildman–Crippen LogP) is 3.26. The molecule has 0 unspecified atom stereocenters. The van der Waals surface area contributed by atoms with Gasteiger partial charge < -0.3 is 19.9 Å². The van der Waals surface area contributed by atoms with Gasteiger partial charge in [0.2, 0.25) is 5.88 Å². The summed E-state index contributed by atoms with van der Waals surface area (Å²) in [6, 6.07) is 11.9. The topological polar surface area (TPSA) is 53.0 Å². The fourth-order valence-electron chi connectivity index (χ4n) is 3.10. The Bertz CT molecular complexity index is 765. The number of anilines is 1. The van der Waals surface area contributed by atoms with Crippen LogP contribution in [0.5, 0.6) is 5.88 Å². The van der Waals surface area contributed by atoms with Gasteiger partial charge >= 0.3 is 0 Å². The highest BCUT2D eigenvalue weighted by Crippen LogP contribution is 2.21. The standard InChI is InChI=1S/C19H24ClN5O.HI/c1-21-19(23-14-15-5-4-8-22-18(15)26-2)25-11-9-24(10-12-25)17-7-3-6-16(20)13-17;/h3-8,13H,9-12,14H2,1-2H3,(H,21,23);1H. The van der Waals surface area contributed by atoms with E-state index in [0.29, 0.717) is 12.4 Å². The number of ether oxygens (including phenoxy) is 1. The number of piperazine rings is 1. The van der Waals surface area contributed by atoms with Gasteiger partial charge in [0.15, 0.2) is 5.96 Å². The monoisotopic (exact) mass is 501 g/mol. The van der Waals surface area contributed by atoms with E-state index in [2.05, 4.69) is 31.2 Å². The van der Waals surface area contributed by atoms with E-state index in [4.69, 9.17) is 16.3 Å². The molecule has 1 N–H and O–H groups in total. The van der Waals surface area contributed by atoms with Gasteiger partial charge in [0.05, 0.1) is 7.11 Å². The van der Waals surface area contributed by atoms with E-state index in [1.54, 1.807) is 13.3 Å². The Labute approximate surface area is 182 Å². The van der Waals surface area contributed by atoms with Crippen LogP contribution in [0.15, 0.2) is 47.6 Å². The second-order valence-corrected chi connectivity index (χ2v) is 6.46. The lowest BCUT2D eigenvalue weighted by Crippen LogP contribution is -2.52. The van der Waals surface area contributed by atoms with Crippen molar-refractivity contribution >= 4 is 47.2 Å². The zero-order valence-electron chi connectivity index (χ0n) is 15.6. The van der Waals surface area contributed by atoms with Crippen molar-refractivity contribution in [2.45, 2.75) is 6.54 Å². The first-order valence-electron chi connectivity index (χ1n) is 8.65. The summed E-state index contributed by atoms with van der Waals surface area (Å²) in [5.41, 5.74) is 2.17. The van der Waals surface area contributed by atoms with Crippen molar-refractivity contribution in [2.24, 2.45) is 4.99 Å². The predicted molar refractivity (Wildman–Crippen MR) is 122 cm³/mol. The molecule has 8 heteroatoms. The van der Waals surface area contributed by atoms with Crippen LogP contribution in [0.4, 0.5) is 5.69 Å². The number of methoxy groups -OCH3 is 1. The van der Waals surface area contributed by atoms with Crippen LogP contribution in [-0.2, 0) is 6.54 Å². The van der Waals surface area contributed by atoms with Gasteiger partial charge in [-0.05, 0) is 24.3 Å². The zero-order valence-corrected chi connectivity index (χ0v) is 18.6. The number of benzene rings is 1. The highest BCUT2D eigenvalue weighted by molar-refractivity contribution is 14.0. The van der Waals surface area contributed by atoms with Crippen LogP contribution in [-0.4, -0.2) is 56.2 Å². The van der Waals surface area contributed by atoms with E-state index in [-0.39, 0.29) is 24.0 Å². The van der Waals surface area contributed by atoms with Crippen LogP contribution in [0, 0.1) is 0 Å². The van der Waals surface area contributed by atoms with Crippen LogP contribution in [0.25, 0.3) is 0 Å². The molecule has 1 aromatic carbocycles. The molecule has 1 aromatic heterocycles. The molecule has 3 rings (SSSR count). The van der Waals surface area contributed by atoms with Crippen molar-refractivity contribution in [3.8, 4) is 5.88 Å². The minimum atomic E-state index is 0. The maximum Gasteiger partial charge on any atom is 0.218 e. The van der Waals surface area contributed by atoms with E-state index in [9.17, 15) is 0 Å². The Kier molecular flexibility index (Phi) is 8.43. The van der Waals surface area contributed by atoms with Crippen LogP contribution in [0.3, 0.4) is 0 Å². The van der Waals surface area contributed by atoms with Crippen molar-refractivity contribution in [1.29, 1.82) is 0 Å². The molecule has 0 bridgehead atoms. The Balaban J connectivity index is 0.00000261. The highest BCUT2D eigenvalue weighted by Gasteiger charge is 2.20. The Hall–Kier alpha value is -1.74. The summed E-state index contributed by atoms with van der Waals surface area (Å²) >= 11 is 6.11. The quantitative estimate of drug-likeness (QED) is 0.396.